The first kappa shape index (κ1) is 44.2. The number of ether oxygens (including phenoxy) is 3. The summed E-state index contributed by atoms with van der Waals surface area (Å²) in [5, 5.41) is 0. The van der Waals surface area contributed by atoms with E-state index >= 15 is 0 Å². The molecule has 0 unspecified atom stereocenters. The highest BCUT2D eigenvalue weighted by Crippen LogP contribution is 2.04. The minimum atomic E-state index is -0.554. The molecule has 0 bridgehead atoms. The smallest absolute Gasteiger partial charge is 0.306 e. The lowest BCUT2D eigenvalue weighted by molar-refractivity contribution is -0.148. The van der Waals surface area contributed by atoms with E-state index in [0.29, 0.717) is 39.3 Å². The zero-order chi connectivity index (χ0) is 36.9. The average molecular weight is 687 g/mol. The Bertz CT molecular complexity index is 970. The van der Waals surface area contributed by atoms with Gasteiger partial charge in [-0.25, -0.2) is 0 Å². The van der Waals surface area contributed by atoms with Gasteiger partial charge in [-0.05, 0) is 0 Å². The summed E-state index contributed by atoms with van der Waals surface area (Å²) in [5.74, 6) is -2.35. The molecule has 0 atom stereocenters. The molecule has 0 heterocycles. The maximum Gasteiger partial charge on any atom is 0.306 e. The van der Waals surface area contributed by atoms with Gasteiger partial charge in [-0.1, -0.05) is 36.5 Å². The van der Waals surface area contributed by atoms with Crippen LogP contribution in [-0.2, 0) is 43.0 Å². The van der Waals surface area contributed by atoms with Crippen LogP contribution in [0.2, 0.25) is 0 Å². The van der Waals surface area contributed by atoms with Crippen molar-refractivity contribution in [1.29, 1.82) is 0 Å². The Hall–Kier alpha value is -4.78. The standard InChI is InChI=1S/C36H54N4O9/c1-7-19-38(20-8-2)31(41)13-16-34(44)47-28-25-37(26-29-48-35(45)17-14-32(42)39(21-9-3)22-10-4)27-30-49-36(46)18-15-33(43)40(23-11-5)24-12-6/h7-12H,1-6,13-30H2. The minimum Gasteiger partial charge on any atom is -0.464 e. The first-order valence-electron chi connectivity index (χ1n) is 16.2. The Morgan fingerprint density at radius 3 is 0.816 bits per heavy atom. The van der Waals surface area contributed by atoms with Gasteiger partial charge in [0, 0.05) is 78.2 Å². The molecule has 272 valence electrons. The van der Waals surface area contributed by atoms with Crippen LogP contribution in [0.4, 0.5) is 0 Å². The van der Waals surface area contributed by atoms with Crippen LogP contribution in [0.15, 0.2) is 75.9 Å². The predicted molar refractivity (Wildman–Crippen MR) is 188 cm³/mol. The number of rotatable bonds is 30. The zero-order valence-corrected chi connectivity index (χ0v) is 28.9. The lowest BCUT2D eigenvalue weighted by atomic mass is 10.2. The summed E-state index contributed by atoms with van der Waals surface area (Å²) in [6, 6.07) is 0. The van der Waals surface area contributed by atoms with Gasteiger partial charge in [-0.3, -0.25) is 33.7 Å². The molecule has 13 nitrogen and oxygen atoms in total. The van der Waals surface area contributed by atoms with Gasteiger partial charge in [0.25, 0.3) is 0 Å². The van der Waals surface area contributed by atoms with E-state index in [9.17, 15) is 28.8 Å². The van der Waals surface area contributed by atoms with E-state index in [2.05, 4.69) is 39.5 Å². The van der Waals surface area contributed by atoms with E-state index in [0.717, 1.165) is 0 Å². The average Bonchev–Trinajstić information content (AvgIpc) is 3.07. The van der Waals surface area contributed by atoms with E-state index in [1.807, 2.05) is 0 Å². The molecule has 0 rings (SSSR count). The summed E-state index contributed by atoms with van der Waals surface area (Å²) in [7, 11) is 0. The van der Waals surface area contributed by atoms with E-state index < -0.39 is 17.9 Å². The van der Waals surface area contributed by atoms with Crippen molar-refractivity contribution in [3.63, 3.8) is 0 Å². The molecule has 0 aromatic rings. The maximum absolute atomic E-state index is 12.4. The Morgan fingerprint density at radius 1 is 0.388 bits per heavy atom. The van der Waals surface area contributed by atoms with Crippen LogP contribution in [0.1, 0.15) is 38.5 Å². The highest BCUT2D eigenvalue weighted by molar-refractivity contribution is 5.83. The fourth-order valence-corrected chi connectivity index (χ4v) is 4.29. The van der Waals surface area contributed by atoms with Crippen molar-refractivity contribution < 1.29 is 43.0 Å². The largest absolute Gasteiger partial charge is 0.464 e. The first-order chi connectivity index (χ1) is 23.6. The Balaban J connectivity index is 5.00. The molecule has 3 amide bonds. The summed E-state index contributed by atoms with van der Waals surface area (Å²) in [6.45, 7) is 24.4. The molecule has 0 spiro atoms. The van der Waals surface area contributed by atoms with Crippen LogP contribution >= 0.6 is 0 Å². The van der Waals surface area contributed by atoms with Crippen molar-refractivity contribution in [2.45, 2.75) is 38.5 Å². The molecule has 0 radical (unpaired) electrons. The second-order valence-corrected chi connectivity index (χ2v) is 10.6. The molecule has 0 N–H and O–H groups in total. The van der Waals surface area contributed by atoms with Gasteiger partial charge < -0.3 is 28.9 Å². The van der Waals surface area contributed by atoms with Crippen molar-refractivity contribution in [2.24, 2.45) is 0 Å². The van der Waals surface area contributed by atoms with Crippen LogP contribution in [0.5, 0.6) is 0 Å². The van der Waals surface area contributed by atoms with Crippen LogP contribution in [0.25, 0.3) is 0 Å². The van der Waals surface area contributed by atoms with Crippen molar-refractivity contribution in [3.8, 4) is 0 Å². The maximum atomic E-state index is 12.4. The third-order valence-electron chi connectivity index (χ3n) is 6.80. The van der Waals surface area contributed by atoms with Crippen molar-refractivity contribution in [3.05, 3.63) is 75.9 Å². The molecule has 0 aliphatic carbocycles. The highest BCUT2D eigenvalue weighted by atomic mass is 16.5. The Labute approximate surface area is 291 Å². The lowest BCUT2D eigenvalue weighted by Crippen LogP contribution is -2.35. The SMILES string of the molecule is C=CCN(CC=C)C(=O)CCC(=O)OCCN(CCOC(=O)CCC(=O)N(CC=C)CC=C)CCOC(=O)CCC(=O)N(CC=C)CC=C. The van der Waals surface area contributed by atoms with Gasteiger partial charge in [-0.2, -0.15) is 0 Å². The Kier molecular flexibility index (Phi) is 25.5. The molecule has 0 fully saturated rings. The first-order valence-corrected chi connectivity index (χ1v) is 16.2. The number of hydrogen-bond acceptors (Lipinski definition) is 10. The van der Waals surface area contributed by atoms with Crippen LogP contribution < -0.4 is 0 Å². The van der Waals surface area contributed by atoms with Crippen molar-refractivity contribution >= 4 is 35.6 Å². The molecule has 0 saturated heterocycles. The number of nitrogens with zero attached hydrogens (tertiary/aromatic N) is 4. The molecule has 0 aromatic carbocycles. The lowest BCUT2D eigenvalue weighted by Gasteiger charge is -2.22. The Morgan fingerprint density at radius 2 is 0.612 bits per heavy atom. The molecule has 0 aliphatic heterocycles. The molecular formula is C36H54N4O9. The van der Waals surface area contributed by atoms with Crippen LogP contribution in [0, 0.1) is 0 Å². The van der Waals surface area contributed by atoms with Gasteiger partial charge in [0.15, 0.2) is 0 Å². The molecule has 49 heavy (non-hydrogen) atoms. The van der Waals surface area contributed by atoms with Gasteiger partial charge >= 0.3 is 17.9 Å². The monoisotopic (exact) mass is 686 g/mol. The second kappa shape index (κ2) is 28.3. The van der Waals surface area contributed by atoms with Crippen molar-refractivity contribution in [2.75, 3.05) is 78.7 Å². The van der Waals surface area contributed by atoms with E-state index in [4.69, 9.17) is 14.2 Å². The number of esters is 3. The van der Waals surface area contributed by atoms with E-state index in [1.54, 1.807) is 41.4 Å². The topological polar surface area (TPSA) is 143 Å². The number of carbonyl (C=O) groups is 6. The summed E-state index contributed by atoms with van der Waals surface area (Å²) in [6.07, 6.45) is 9.13. The summed E-state index contributed by atoms with van der Waals surface area (Å²) >= 11 is 0. The normalized spacial score (nSPS) is 10.2. The number of amides is 3. The number of hydrogen-bond donors (Lipinski definition) is 0. The fraction of sp³-hybridized carbons (Fsp3) is 0.500. The van der Waals surface area contributed by atoms with Crippen LogP contribution in [0.3, 0.4) is 0 Å². The quantitative estimate of drug-likeness (QED) is 0.0629. The third-order valence-corrected chi connectivity index (χ3v) is 6.80. The molecule has 13 heteroatoms. The van der Waals surface area contributed by atoms with Gasteiger partial charge in [0.2, 0.25) is 17.7 Å². The summed E-state index contributed by atoms with van der Waals surface area (Å²) < 4.78 is 15.9. The van der Waals surface area contributed by atoms with Gasteiger partial charge in [0.1, 0.15) is 19.8 Å². The van der Waals surface area contributed by atoms with Crippen LogP contribution in [-0.4, -0.2) is 134 Å². The van der Waals surface area contributed by atoms with E-state index in [-0.39, 0.29) is 95.7 Å². The predicted octanol–water partition coefficient (Wildman–Crippen LogP) is 2.86. The molecule has 0 aromatic heterocycles. The zero-order valence-electron chi connectivity index (χ0n) is 28.9. The molecule has 0 aliphatic rings. The molecular weight excluding hydrogens is 632 g/mol. The summed E-state index contributed by atoms with van der Waals surface area (Å²) in [5.41, 5.74) is 0. The number of carbonyl (C=O) groups excluding carboxylic acids is 6. The van der Waals surface area contributed by atoms with Crippen molar-refractivity contribution in [1.82, 2.24) is 19.6 Å². The van der Waals surface area contributed by atoms with Gasteiger partial charge in [-0.15, -0.1) is 39.5 Å². The molecule has 0 saturated carbocycles. The third kappa shape index (κ3) is 21.7. The van der Waals surface area contributed by atoms with E-state index in [1.165, 1.54) is 14.7 Å². The van der Waals surface area contributed by atoms with Gasteiger partial charge in [0.05, 0.1) is 19.3 Å². The minimum absolute atomic E-state index is 0.0220. The summed E-state index contributed by atoms with van der Waals surface area (Å²) in [4.78, 5) is 80.4. The second-order valence-electron chi connectivity index (χ2n) is 10.6. The highest BCUT2D eigenvalue weighted by Gasteiger charge is 2.17. The fourth-order valence-electron chi connectivity index (χ4n) is 4.29.